The molecule has 30 heavy (non-hydrogen) atoms. The van der Waals surface area contributed by atoms with Crippen LogP contribution in [0.2, 0.25) is 0 Å². The minimum atomic E-state index is -3.74. The number of aromatic nitrogens is 4. The molecular weight excluding hydrogens is 404 g/mol. The van der Waals surface area contributed by atoms with Crippen LogP contribution in [0.1, 0.15) is 72.9 Å². The molecule has 10 heteroatoms. The van der Waals surface area contributed by atoms with Gasteiger partial charge in [0.15, 0.2) is 0 Å². The van der Waals surface area contributed by atoms with Gasteiger partial charge in [-0.25, -0.2) is 18.4 Å². The smallest absolute Gasteiger partial charge is 0.254 e. The Balaban J connectivity index is 1.65. The Kier molecular flexibility index (Phi) is 5.88. The zero-order valence-corrected chi connectivity index (χ0v) is 18.2. The second kappa shape index (κ2) is 8.43. The van der Waals surface area contributed by atoms with Crippen molar-refractivity contribution in [2.45, 2.75) is 68.8 Å². The van der Waals surface area contributed by atoms with E-state index in [4.69, 9.17) is 0 Å². The molecular formula is C20H28N6O3S. The number of amides is 1. The van der Waals surface area contributed by atoms with Crippen LogP contribution in [-0.4, -0.2) is 51.0 Å². The molecule has 2 fully saturated rings. The maximum atomic E-state index is 13.2. The van der Waals surface area contributed by atoms with Crippen LogP contribution < -0.4 is 5.32 Å². The first-order valence-electron chi connectivity index (χ1n) is 10.5. The minimum absolute atomic E-state index is 0.149. The zero-order valence-electron chi connectivity index (χ0n) is 17.4. The molecule has 1 aliphatic carbocycles. The number of nitrogens with one attached hydrogen (secondary N) is 1. The highest BCUT2D eigenvalue weighted by molar-refractivity contribution is 7.89. The summed E-state index contributed by atoms with van der Waals surface area (Å²) in [7, 11) is -2.06. The van der Waals surface area contributed by atoms with Gasteiger partial charge in [0.1, 0.15) is 10.7 Å². The number of hydrogen-bond acceptors (Lipinski definition) is 6. The molecule has 9 nitrogen and oxygen atoms in total. The van der Waals surface area contributed by atoms with E-state index in [1.54, 1.807) is 14.0 Å². The highest BCUT2D eigenvalue weighted by Crippen LogP contribution is 2.37. The third-order valence-electron chi connectivity index (χ3n) is 5.93. The fraction of sp³-hybridized carbons (Fsp3) is 0.600. The normalized spacial score (nSPS) is 21.1. The molecule has 3 heterocycles. The van der Waals surface area contributed by atoms with E-state index in [1.165, 1.54) is 34.0 Å². The standard InChI is InChI=1S/C20H28N6O3S/c1-14-21-12-17(20(27)24-15-7-4-3-5-8-15)19(23-14)18-9-6-10-26(18)30(28,29)16-11-22-25(2)13-16/h11-13,15,18H,3-10H2,1-2H3,(H,24,27). The van der Waals surface area contributed by atoms with Crippen LogP contribution in [0.15, 0.2) is 23.5 Å². The Labute approximate surface area is 176 Å². The summed E-state index contributed by atoms with van der Waals surface area (Å²) in [5.74, 6) is 0.298. The molecule has 0 aromatic carbocycles. The van der Waals surface area contributed by atoms with Gasteiger partial charge < -0.3 is 5.32 Å². The summed E-state index contributed by atoms with van der Waals surface area (Å²) >= 11 is 0. The average Bonchev–Trinajstić information content (AvgIpc) is 3.38. The van der Waals surface area contributed by atoms with E-state index in [0.29, 0.717) is 36.5 Å². The summed E-state index contributed by atoms with van der Waals surface area (Å²) in [5, 5.41) is 7.10. The van der Waals surface area contributed by atoms with Gasteiger partial charge in [-0.2, -0.15) is 9.40 Å². The van der Waals surface area contributed by atoms with Gasteiger partial charge in [0.25, 0.3) is 5.91 Å². The lowest BCUT2D eigenvalue weighted by Crippen LogP contribution is -2.38. The molecule has 1 atom stereocenters. The average molecular weight is 433 g/mol. The third-order valence-corrected chi connectivity index (χ3v) is 7.79. The van der Waals surface area contributed by atoms with Crippen molar-refractivity contribution in [1.82, 2.24) is 29.4 Å². The maximum absolute atomic E-state index is 13.2. The quantitative estimate of drug-likeness (QED) is 0.775. The Morgan fingerprint density at radius 3 is 2.60 bits per heavy atom. The molecule has 0 spiro atoms. The fourth-order valence-electron chi connectivity index (χ4n) is 4.40. The first-order chi connectivity index (χ1) is 14.4. The lowest BCUT2D eigenvalue weighted by molar-refractivity contribution is 0.0924. The number of sulfonamides is 1. The summed E-state index contributed by atoms with van der Waals surface area (Å²) in [6.45, 7) is 2.13. The van der Waals surface area contributed by atoms with Crippen molar-refractivity contribution in [1.29, 1.82) is 0 Å². The van der Waals surface area contributed by atoms with E-state index >= 15 is 0 Å². The van der Waals surface area contributed by atoms with Crippen LogP contribution >= 0.6 is 0 Å². The number of carbonyl (C=O) groups is 1. The molecule has 1 saturated heterocycles. The molecule has 162 valence electrons. The summed E-state index contributed by atoms with van der Waals surface area (Å²) in [6, 6.07) is -0.344. The summed E-state index contributed by atoms with van der Waals surface area (Å²) in [6.07, 6.45) is 11.1. The Morgan fingerprint density at radius 2 is 1.90 bits per heavy atom. The second-order valence-corrected chi connectivity index (χ2v) is 10.0. The van der Waals surface area contributed by atoms with Gasteiger partial charge in [0.2, 0.25) is 10.0 Å². The predicted octanol–water partition coefficient (Wildman–Crippen LogP) is 2.11. The van der Waals surface area contributed by atoms with E-state index in [2.05, 4.69) is 20.4 Å². The first-order valence-corrected chi connectivity index (χ1v) is 11.9. The number of hydrogen-bond donors (Lipinski definition) is 1. The highest BCUT2D eigenvalue weighted by atomic mass is 32.2. The molecule has 4 rings (SSSR count). The van der Waals surface area contributed by atoms with Gasteiger partial charge in [0, 0.05) is 32.0 Å². The molecule has 1 unspecified atom stereocenters. The fourth-order valence-corrected chi connectivity index (χ4v) is 6.04. The number of rotatable bonds is 5. The van der Waals surface area contributed by atoms with Gasteiger partial charge in [0.05, 0.1) is 23.5 Å². The van der Waals surface area contributed by atoms with Crippen LogP contribution in [0.25, 0.3) is 0 Å². The monoisotopic (exact) mass is 432 g/mol. The van der Waals surface area contributed by atoms with Crippen LogP contribution in [0.5, 0.6) is 0 Å². The molecule has 1 saturated carbocycles. The van der Waals surface area contributed by atoms with E-state index in [1.807, 2.05) is 0 Å². The van der Waals surface area contributed by atoms with Crippen LogP contribution in [-0.2, 0) is 17.1 Å². The zero-order chi connectivity index (χ0) is 21.3. The maximum Gasteiger partial charge on any atom is 0.254 e. The van der Waals surface area contributed by atoms with E-state index in [0.717, 1.165) is 25.7 Å². The van der Waals surface area contributed by atoms with Crippen LogP contribution in [0.4, 0.5) is 0 Å². The van der Waals surface area contributed by atoms with Gasteiger partial charge in [-0.3, -0.25) is 9.48 Å². The number of nitrogens with zero attached hydrogens (tertiary/aromatic N) is 5. The topological polar surface area (TPSA) is 110 Å². The van der Waals surface area contributed by atoms with Crippen molar-refractivity contribution in [3.05, 3.63) is 35.7 Å². The molecule has 0 bridgehead atoms. The Bertz CT molecular complexity index is 1030. The van der Waals surface area contributed by atoms with Gasteiger partial charge in [-0.05, 0) is 32.6 Å². The first kappa shape index (κ1) is 20.9. The van der Waals surface area contributed by atoms with Crippen LogP contribution in [0, 0.1) is 6.92 Å². The second-order valence-electron chi connectivity index (χ2n) is 8.15. The van der Waals surface area contributed by atoms with Crippen LogP contribution in [0.3, 0.4) is 0 Å². The molecule has 1 aliphatic heterocycles. The Morgan fingerprint density at radius 1 is 1.13 bits per heavy atom. The molecule has 2 aliphatic rings. The summed E-state index contributed by atoms with van der Waals surface area (Å²) < 4.78 is 29.4. The van der Waals surface area contributed by atoms with Crippen molar-refractivity contribution >= 4 is 15.9 Å². The van der Waals surface area contributed by atoms with Crippen molar-refractivity contribution < 1.29 is 13.2 Å². The molecule has 1 N–H and O–H groups in total. The largest absolute Gasteiger partial charge is 0.349 e. The molecule has 2 aromatic heterocycles. The Hall–Kier alpha value is -2.33. The summed E-state index contributed by atoms with van der Waals surface area (Å²) in [5.41, 5.74) is 0.852. The number of carbonyl (C=O) groups excluding carboxylic acids is 1. The summed E-state index contributed by atoms with van der Waals surface area (Å²) in [4.78, 5) is 22.0. The number of aryl methyl sites for hydroxylation is 2. The van der Waals surface area contributed by atoms with E-state index < -0.39 is 16.1 Å². The third kappa shape index (κ3) is 4.11. The minimum Gasteiger partial charge on any atom is -0.349 e. The molecule has 2 aromatic rings. The van der Waals surface area contributed by atoms with E-state index in [-0.39, 0.29) is 16.8 Å². The van der Waals surface area contributed by atoms with Crippen molar-refractivity contribution in [3.8, 4) is 0 Å². The van der Waals surface area contributed by atoms with Crippen molar-refractivity contribution in [2.24, 2.45) is 7.05 Å². The molecule has 0 radical (unpaired) electrons. The highest BCUT2D eigenvalue weighted by Gasteiger charge is 2.39. The molecule has 1 amide bonds. The lowest BCUT2D eigenvalue weighted by atomic mass is 9.95. The van der Waals surface area contributed by atoms with Crippen molar-refractivity contribution in [3.63, 3.8) is 0 Å². The van der Waals surface area contributed by atoms with Crippen molar-refractivity contribution in [2.75, 3.05) is 6.54 Å². The van der Waals surface area contributed by atoms with Gasteiger partial charge in [-0.1, -0.05) is 19.3 Å². The predicted molar refractivity (Wildman–Crippen MR) is 110 cm³/mol. The van der Waals surface area contributed by atoms with Gasteiger partial charge >= 0.3 is 0 Å². The van der Waals surface area contributed by atoms with E-state index in [9.17, 15) is 13.2 Å². The lowest BCUT2D eigenvalue weighted by Gasteiger charge is -2.26. The van der Waals surface area contributed by atoms with Gasteiger partial charge in [-0.15, -0.1) is 0 Å². The SMILES string of the molecule is Cc1ncc(C(=O)NC2CCCCC2)c(C2CCCN2S(=O)(=O)c2cnn(C)c2)n1.